The molecule has 1 heterocycles. The Labute approximate surface area is 121 Å². The molecule has 1 aromatic heterocycles. The Morgan fingerprint density at radius 2 is 1.85 bits per heavy atom. The van der Waals surface area contributed by atoms with Gasteiger partial charge in [-0.05, 0) is 30.2 Å². The Hall–Kier alpha value is -1.49. The molecule has 20 heavy (non-hydrogen) atoms. The Kier molecular flexibility index (Phi) is 3.82. The molecule has 1 aromatic carbocycles. The standard InChI is InChI=1S/C15H18F2N2S/c1-8-5-11(17)9(6-10(8)16)7-12-13(15(2,3)4)19-14(18)20-12/h5-6H,7H2,1-4H3,(H2,18,19). The SMILES string of the molecule is Cc1cc(F)c(Cc2sc(N)nc2C(C)(C)C)cc1F. The van der Waals surface area contributed by atoms with Crippen molar-refractivity contribution in [2.24, 2.45) is 0 Å². The summed E-state index contributed by atoms with van der Waals surface area (Å²) in [5.41, 5.74) is 7.08. The van der Waals surface area contributed by atoms with Crippen LogP contribution in [0, 0.1) is 18.6 Å². The van der Waals surface area contributed by atoms with E-state index in [-0.39, 0.29) is 5.41 Å². The summed E-state index contributed by atoms with van der Waals surface area (Å²) in [4.78, 5) is 5.21. The Morgan fingerprint density at radius 3 is 2.45 bits per heavy atom. The molecule has 0 aliphatic carbocycles. The van der Waals surface area contributed by atoms with E-state index in [1.54, 1.807) is 6.92 Å². The number of nitrogens with zero attached hydrogens (tertiary/aromatic N) is 1. The first kappa shape index (κ1) is 14.9. The minimum Gasteiger partial charge on any atom is -0.375 e. The molecule has 2 rings (SSSR count). The van der Waals surface area contributed by atoms with Gasteiger partial charge in [-0.25, -0.2) is 13.8 Å². The Balaban J connectivity index is 2.43. The molecule has 0 aliphatic rings. The van der Waals surface area contributed by atoms with Crippen LogP contribution in [-0.4, -0.2) is 4.98 Å². The van der Waals surface area contributed by atoms with Gasteiger partial charge in [0, 0.05) is 16.7 Å². The first-order chi connectivity index (χ1) is 9.18. The Bertz CT molecular complexity index is 642. The predicted molar refractivity (Wildman–Crippen MR) is 79.1 cm³/mol. The fourth-order valence-corrected chi connectivity index (χ4v) is 3.14. The lowest BCUT2D eigenvalue weighted by molar-refractivity contribution is 0.563. The van der Waals surface area contributed by atoms with E-state index in [0.29, 0.717) is 22.7 Å². The van der Waals surface area contributed by atoms with Gasteiger partial charge in [0.2, 0.25) is 0 Å². The number of rotatable bonds is 2. The van der Waals surface area contributed by atoms with Crippen LogP contribution in [0.3, 0.4) is 0 Å². The van der Waals surface area contributed by atoms with Crippen molar-refractivity contribution in [3.05, 3.63) is 45.5 Å². The first-order valence-corrected chi connectivity index (χ1v) is 7.20. The summed E-state index contributed by atoms with van der Waals surface area (Å²) in [5, 5.41) is 0.456. The fourth-order valence-electron chi connectivity index (χ4n) is 2.07. The van der Waals surface area contributed by atoms with Gasteiger partial charge >= 0.3 is 0 Å². The maximum Gasteiger partial charge on any atom is 0.180 e. The van der Waals surface area contributed by atoms with Gasteiger partial charge in [-0.3, -0.25) is 0 Å². The zero-order valence-corrected chi connectivity index (χ0v) is 12.9. The van der Waals surface area contributed by atoms with Gasteiger partial charge in [-0.2, -0.15) is 0 Å². The largest absolute Gasteiger partial charge is 0.375 e. The summed E-state index contributed by atoms with van der Waals surface area (Å²) >= 11 is 1.33. The van der Waals surface area contributed by atoms with Crippen molar-refractivity contribution in [1.82, 2.24) is 4.98 Å². The maximum absolute atomic E-state index is 13.9. The zero-order valence-electron chi connectivity index (χ0n) is 12.1. The van der Waals surface area contributed by atoms with Crippen LogP contribution in [0.5, 0.6) is 0 Å². The number of nitrogens with two attached hydrogens (primary N) is 1. The molecule has 5 heteroatoms. The number of hydrogen-bond donors (Lipinski definition) is 1. The van der Waals surface area contributed by atoms with E-state index >= 15 is 0 Å². The number of aryl methyl sites for hydroxylation is 1. The molecular weight excluding hydrogens is 278 g/mol. The Morgan fingerprint density at radius 1 is 1.20 bits per heavy atom. The first-order valence-electron chi connectivity index (χ1n) is 6.38. The van der Waals surface area contributed by atoms with Crippen LogP contribution < -0.4 is 5.73 Å². The summed E-state index contributed by atoms with van der Waals surface area (Å²) in [6.07, 6.45) is 0.310. The summed E-state index contributed by atoms with van der Waals surface area (Å²) in [6, 6.07) is 2.48. The van der Waals surface area contributed by atoms with Crippen molar-refractivity contribution in [2.75, 3.05) is 5.73 Å². The molecule has 0 atom stereocenters. The number of aromatic nitrogens is 1. The lowest BCUT2D eigenvalue weighted by Crippen LogP contribution is -2.14. The van der Waals surface area contributed by atoms with Crippen LogP contribution >= 0.6 is 11.3 Å². The smallest absolute Gasteiger partial charge is 0.180 e. The zero-order chi connectivity index (χ0) is 15.1. The highest BCUT2D eigenvalue weighted by Crippen LogP contribution is 2.33. The van der Waals surface area contributed by atoms with Gasteiger partial charge in [-0.15, -0.1) is 11.3 Å². The van der Waals surface area contributed by atoms with Crippen molar-refractivity contribution in [1.29, 1.82) is 0 Å². The van der Waals surface area contributed by atoms with E-state index in [2.05, 4.69) is 4.98 Å². The highest BCUT2D eigenvalue weighted by Gasteiger charge is 2.23. The van der Waals surface area contributed by atoms with Crippen molar-refractivity contribution in [2.45, 2.75) is 39.5 Å². The van der Waals surface area contributed by atoms with E-state index in [1.165, 1.54) is 23.5 Å². The van der Waals surface area contributed by atoms with Crippen molar-refractivity contribution in [3.8, 4) is 0 Å². The minimum absolute atomic E-state index is 0.177. The fraction of sp³-hybridized carbons (Fsp3) is 0.400. The summed E-state index contributed by atoms with van der Waals surface area (Å²) < 4.78 is 27.5. The van der Waals surface area contributed by atoms with Crippen LogP contribution in [0.4, 0.5) is 13.9 Å². The van der Waals surface area contributed by atoms with Gasteiger partial charge in [0.25, 0.3) is 0 Å². The average Bonchev–Trinajstić information content (AvgIpc) is 2.67. The second-order valence-corrected chi connectivity index (χ2v) is 7.06. The monoisotopic (exact) mass is 296 g/mol. The molecule has 2 N–H and O–H groups in total. The van der Waals surface area contributed by atoms with E-state index in [4.69, 9.17) is 5.73 Å². The lowest BCUT2D eigenvalue weighted by Gasteiger charge is -2.17. The summed E-state index contributed by atoms with van der Waals surface area (Å²) in [5.74, 6) is -0.785. The topological polar surface area (TPSA) is 38.9 Å². The van der Waals surface area contributed by atoms with Gasteiger partial charge in [0.05, 0.1) is 5.69 Å². The van der Waals surface area contributed by atoms with Crippen molar-refractivity contribution in [3.63, 3.8) is 0 Å². The second kappa shape index (κ2) is 5.13. The number of thiazole rings is 1. The molecule has 0 bridgehead atoms. The highest BCUT2D eigenvalue weighted by atomic mass is 32.1. The molecule has 0 amide bonds. The summed E-state index contributed by atoms with van der Waals surface area (Å²) in [6.45, 7) is 7.62. The van der Waals surface area contributed by atoms with E-state index in [9.17, 15) is 8.78 Å². The normalized spacial score (nSPS) is 11.9. The van der Waals surface area contributed by atoms with E-state index in [0.717, 1.165) is 10.6 Å². The highest BCUT2D eigenvalue weighted by molar-refractivity contribution is 7.15. The minimum atomic E-state index is -0.393. The van der Waals surface area contributed by atoms with Crippen LogP contribution in [0.1, 0.15) is 42.5 Å². The maximum atomic E-state index is 13.9. The van der Waals surface area contributed by atoms with Crippen molar-refractivity contribution < 1.29 is 8.78 Å². The number of hydrogen-bond acceptors (Lipinski definition) is 3. The molecule has 0 unspecified atom stereocenters. The summed E-state index contributed by atoms with van der Waals surface area (Å²) in [7, 11) is 0. The number of halogens is 2. The molecule has 2 aromatic rings. The predicted octanol–water partition coefficient (Wildman–Crippen LogP) is 4.20. The van der Waals surface area contributed by atoms with Crippen molar-refractivity contribution >= 4 is 16.5 Å². The molecular formula is C15H18F2N2S. The second-order valence-electron chi connectivity index (χ2n) is 5.94. The van der Waals surface area contributed by atoms with Crippen LogP contribution in [0.15, 0.2) is 12.1 Å². The molecule has 0 radical (unpaired) electrons. The lowest BCUT2D eigenvalue weighted by atomic mass is 9.90. The van der Waals surface area contributed by atoms with Crippen LogP contribution in [0.2, 0.25) is 0 Å². The molecule has 2 nitrogen and oxygen atoms in total. The molecule has 108 valence electrons. The molecule has 0 aliphatic heterocycles. The quantitative estimate of drug-likeness (QED) is 0.902. The molecule has 0 spiro atoms. The van der Waals surface area contributed by atoms with Crippen LogP contribution in [0.25, 0.3) is 0 Å². The average molecular weight is 296 g/mol. The molecule has 0 saturated carbocycles. The molecule has 0 fully saturated rings. The number of anilines is 1. The van der Waals surface area contributed by atoms with E-state index < -0.39 is 11.6 Å². The van der Waals surface area contributed by atoms with Gasteiger partial charge in [0.15, 0.2) is 5.13 Å². The molecule has 0 saturated heterocycles. The third-order valence-corrected chi connectivity index (χ3v) is 3.99. The van der Waals surface area contributed by atoms with Gasteiger partial charge in [0.1, 0.15) is 11.6 Å². The van der Waals surface area contributed by atoms with Gasteiger partial charge < -0.3 is 5.73 Å². The van der Waals surface area contributed by atoms with E-state index in [1.807, 2.05) is 20.8 Å². The third kappa shape index (κ3) is 2.98. The van der Waals surface area contributed by atoms with Crippen LogP contribution in [-0.2, 0) is 11.8 Å². The number of nitrogen functional groups attached to an aromatic ring is 1. The third-order valence-electron chi connectivity index (χ3n) is 3.10. The van der Waals surface area contributed by atoms with Gasteiger partial charge in [-0.1, -0.05) is 20.8 Å². The number of benzene rings is 1.